The van der Waals surface area contributed by atoms with E-state index in [1.807, 2.05) is 25.3 Å². The van der Waals surface area contributed by atoms with Crippen LogP contribution >= 0.6 is 31.9 Å². The van der Waals surface area contributed by atoms with Crippen molar-refractivity contribution in [2.75, 3.05) is 5.32 Å². The summed E-state index contributed by atoms with van der Waals surface area (Å²) in [7, 11) is 0. The van der Waals surface area contributed by atoms with Gasteiger partial charge in [0.05, 0.1) is 10.2 Å². The van der Waals surface area contributed by atoms with Gasteiger partial charge in [0.15, 0.2) is 0 Å². The van der Waals surface area contributed by atoms with Gasteiger partial charge in [0.25, 0.3) is 0 Å². The fourth-order valence-corrected chi connectivity index (χ4v) is 2.40. The van der Waals surface area contributed by atoms with Crippen LogP contribution in [-0.4, -0.2) is 4.98 Å². The molecule has 0 radical (unpaired) electrons. The van der Waals surface area contributed by atoms with E-state index in [-0.39, 0.29) is 0 Å². The molecule has 2 nitrogen and oxygen atoms in total. The Balaban J connectivity index is 2.34. The van der Waals surface area contributed by atoms with Crippen LogP contribution in [0.1, 0.15) is 11.1 Å². The zero-order valence-electron chi connectivity index (χ0n) is 9.59. The highest BCUT2D eigenvalue weighted by Gasteiger charge is 2.05. The maximum atomic E-state index is 4.37. The molecule has 0 fully saturated rings. The van der Waals surface area contributed by atoms with Gasteiger partial charge in [-0.05, 0) is 75.0 Å². The van der Waals surface area contributed by atoms with Gasteiger partial charge in [0.2, 0.25) is 0 Å². The van der Waals surface area contributed by atoms with E-state index in [4.69, 9.17) is 0 Å². The van der Waals surface area contributed by atoms with Crippen molar-refractivity contribution in [1.29, 1.82) is 0 Å². The summed E-state index contributed by atoms with van der Waals surface area (Å²) in [5, 5.41) is 3.30. The summed E-state index contributed by atoms with van der Waals surface area (Å²) in [5.41, 5.74) is 3.35. The summed E-state index contributed by atoms with van der Waals surface area (Å²) in [6, 6.07) is 8.21. The summed E-state index contributed by atoms with van der Waals surface area (Å²) in [6.07, 6.45) is 1.84. The molecule has 2 rings (SSSR count). The predicted molar refractivity (Wildman–Crippen MR) is 78.8 cm³/mol. The highest BCUT2D eigenvalue weighted by atomic mass is 79.9. The lowest BCUT2D eigenvalue weighted by Gasteiger charge is -2.10. The topological polar surface area (TPSA) is 24.9 Å². The molecule has 4 heteroatoms. The first-order valence-electron chi connectivity index (χ1n) is 5.21. The van der Waals surface area contributed by atoms with Gasteiger partial charge in [0.1, 0.15) is 5.82 Å². The molecular formula is C13H12Br2N2. The van der Waals surface area contributed by atoms with Crippen molar-refractivity contribution >= 4 is 43.4 Å². The van der Waals surface area contributed by atoms with E-state index in [0.717, 1.165) is 26.0 Å². The van der Waals surface area contributed by atoms with Crippen LogP contribution in [0.3, 0.4) is 0 Å². The molecule has 0 aliphatic rings. The second-order valence-electron chi connectivity index (χ2n) is 3.95. The molecule has 0 atom stereocenters. The molecule has 0 unspecified atom stereocenters. The first kappa shape index (κ1) is 12.6. The van der Waals surface area contributed by atoms with E-state index in [0.29, 0.717) is 0 Å². The summed E-state index contributed by atoms with van der Waals surface area (Å²) in [4.78, 5) is 4.37. The maximum Gasteiger partial charge on any atom is 0.144 e. The molecule has 1 aromatic heterocycles. The van der Waals surface area contributed by atoms with E-state index in [9.17, 15) is 0 Å². The van der Waals surface area contributed by atoms with Crippen molar-refractivity contribution in [1.82, 2.24) is 4.98 Å². The number of rotatable bonds is 2. The molecule has 0 bridgehead atoms. The van der Waals surface area contributed by atoms with Crippen LogP contribution in [0.2, 0.25) is 0 Å². The molecule has 0 spiro atoms. The maximum absolute atomic E-state index is 4.37. The number of pyridine rings is 1. The summed E-state index contributed by atoms with van der Waals surface area (Å²) < 4.78 is 1.99. The van der Waals surface area contributed by atoms with Crippen molar-refractivity contribution in [2.45, 2.75) is 13.8 Å². The average molecular weight is 356 g/mol. The minimum absolute atomic E-state index is 0.821. The van der Waals surface area contributed by atoms with Crippen molar-refractivity contribution in [3.8, 4) is 0 Å². The number of aromatic nitrogens is 1. The Morgan fingerprint density at radius 3 is 2.47 bits per heavy atom. The van der Waals surface area contributed by atoms with E-state index in [1.165, 1.54) is 5.56 Å². The molecular weight excluding hydrogens is 344 g/mol. The summed E-state index contributed by atoms with van der Waals surface area (Å²) in [6.45, 7) is 4.08. The third kappa shape index (κ3) is 3.07. The molecule has 17 heavy (non-hydrogen) atoms. The quantitative estimate of drug-likeness (QED) is 0.822. The van der Waals surface area contributed by atoms with Crippen molar-refractivity contribution in [3.63, 3.8) is 0 Å². The lowest BCUT2D eigenvalue weighted by atomic mass is 10.2. The molecule has 88 valence electrons. The fourth-order valence-electron chi connectivity index (χ4n) is 1.49. The average Bonchev–Trinajstić information content (AvgIpc) is 2.27. The zero-order valence-corrected chi connectivity index (χ0v) is 12.8. The van der Waals surface area contributed by atoms with Crippen LogP contribution in [0.5, 0.6) is 0 Å². The number of hydrogen-bond donors (Lipinski definition) is 1. The minimum atomic E-state index is 0.821. The van der Waals surface area contributed by atoms with Crippen LogP contribution in [0.25, 0.3) is 0 Å². The smallest absolute Gasteiger partial charge is 0.144 e. The first-order chi connectivity index (χ1) is 8.06. The molecule has 0 saturated carbocycles. The summed E-state index contributed by atoms with van der Waals surface area (Å²) in [5.74, 6) is 0.821. The summed E-state index contributed by atoms with van der Waals surface area (Å²) >= 11 is 7.03. The van der Waals surface area contributed by atoms with Crippen LogP contribution in [0.4, 0.5) is 11.5 Å². The van der Waals surface area contributed by atoms with E-state index < -0.39 is 0 Å². The highest BCUT2D eigenvalue weighted by Crippen LogP contribution is 2.29. The number of nitrogens with zero attached hydrogens (tertiary/aromatic N) is 1. The Morgan fingerprint density at radius 2 is 1.76 bits per heavy atom. The third-order valence-electron chi connectivity index (χ3n) is 2.35. The molecule has 0 amide bonds. The lowest BCUT2D eigenvalue weighted by Crippen LogP contribution is -1.96. The van der Waals surface area contributed by atoms with Gasteiger partial charge in [-0.2, -0.15) is 0 Å². The zero-order chi connectivity index (χ0) is 12.4. The van der Waals surface area contributed by atoms with Crippen molar-refractivity contribution in [3.05, 3.63) is 50.5 Å². The standard InChI is InChI=1S/C13H12Br2N2/c1-8-3-4-10(14)12(6-8)17-13-11(15)5-9(2)7-16-13/h3-7H,1-2H3,(H,16,17). The Labute approximate surface area is 118 Å². The normalized spacial score (nSPS) is 10.4. The van der Waals surface area contributed by atoms with E-state index in [2.05, 4.69) is 61.2 Å². The number of halogens is 2. The number of aryl methyl sites for hydroxylation is 2. The van der Waals surface area contributed by atoms with Crippen molar-refractivity contribution < 1.29 is 0 Å². The lowest BCUT2D eigenvalue weighted by molar-refractivity contribution is 1.24. The number of benzene rings is 1. The molecule has 1 heterocycles. The number of hydrogen-bond acceptors (Lipinski definition) is 2. The second kappa shape index (κ2) is 5.19. The molecule has 1 N–H and O–H groups in total. The van der Waals surface area contributed by atoms with Gasteiger partial charge < -0.3 is 5.32 Å². The van der Waals surface area contributed by atoms with Crippen LogP contribution in [0.15, 0.2) is 39.4 Å². The van der Waals surface area contributed by atoms with Gasteiger partial charge in [-0.1, -0.05) is 6.07 Å². The molecule has 1 aromatic carbocycles. The Morgan fingerprint density at radius 1 is 1.00 bits per heavy atom. The second-order valence-corrected chi connectivity index (χ2v) is 5.66. The molecule has 2 aromatic rings. The Bertz CT molecular complexity index is 553. The van der Waals surface area contributed by atoms with Gasteiger partial charge in [-0.25, -0.2) is 4.98 Å². The SMILES string of the molecule is Cc1cnc(Nc2cc(C)ccc2Br)c(Br)c1. The van der Waals surface area contributed by atoms with Crippen LogP contribution in [0, 0.1) is 13.8 Å². The Hall–Kier alpha value is -0.870. The Kier molecular flexibility index (Phi) is 3.84. The van der Waals surface area contributed by atoms with E-state index in [1.54, 1.807) is 0 Å². The van der Waals surface area contributed by atoms with E-state index >= 15 is 0 Å². The number of anilines is 2. The monoisotopic (exact) mass is 354 g/mol. The minimum Gasteiger partial charge on any atom is -0.338 e. The van der Waals surface area contributed by atoms with Crippen LogP contribution in [-0.2, 0) is 0 Å². The van der Waals surface area contributed by atoms with Gasteiger partial charge in [0, 0.05) is 10.7 Å². The van der Waals surface area contributed by atoms with Gasteiger partial charge in [-0.3, -0.25) is 0 Å². The van der Waals surface area contributed by atoms with Crippen molar-refractivity contribution in [2.24, 2.45) is 0 Å². The highest BCUT2D eigenvalue weighted by molar-refractivity contribution is 9.11. The number of nitrogens with one attached hydrogen (secondary N) is 1. The molecule has 0 aliphatic carbocycles. The first-order valence-corrected chi connectivity index (χ1v) is 6.80. The molecule has 0 saturated heterocycles. The molecule has 0 aliphatic heterocycles. The fraction of sp³-hybridized carbons (Fsp3) is 0.154. The third-order valence-corrected chi connectivity index (χ3v) is 3.65. The van der Waals surface area contributed by atoms with Gasteiger partial charge in [-0.15, -0.1) is 0 Å². The predicted octanol–water partition coefficient (Wildman–Crippen LogP) is 4.97. The van der Waals surface area contributed by atoms with Gasteiger partial charge >= 0.3 is 0 Å². The largest absolute Gasteiger partial charge is 0.338 e. The van der Waals surface area contributed by atoms with Crippen LogP contribution < -0.4 is 5.32 Å².